The zero-order valence-electron chi connectivity index (χ0n) is 14.1. The van der Waals surface area contributed by atoms with E-state index in [9.17, 15) is 13.6 Å². The smallest absolute Gasteiger partial charge is 0.208 e. The van der Waals surface area contributed by atoms with Gasteiger partial charge in [0.25, 0.3) is 0 Å². The van der Waals surface area contributed by atoms with Crippen LogP contribution in [0.5, 0.6) is 5.75 Å². The van der Waals surface area contributed by atoms with Crippen LogP contribution < -0.4 is 4.74 Å². The number of H-pyrrole nitrogens is 1. The molecule has 140 valence electrons. The van der Waals surface area contributed by atoms with E-state index >= 15 is 0 Å². The number of carbonyl (C=O) groups excluding carboxylic acids is 1. The summed E-state index contributed by atoms with van der Waals surface area (Å²) < 4.78 is 32.4. The fourth-order valence-corrected chi connectivity index (χ4v) is 3.00. The summed E-state index contributed by atoms with van der Waals surface area (Å²) in [5.74, 6) is -0.983. The lowest BCUT2D eigenvalue weighted by Crippen LogP contribution is -2.06. The van der Waals surface area contributed by atoms with Gasteiger partial charge in [-0.1, -0.05) is 23.4 Å². The standard InChI is InChI=1S/C18H14ClF2N3O2S/c1-10-6-12(3-4-14(10)19)26-8-17-22-18(24-23-17)27-9-16(25)13-7-11(20)2-5-15(13)21/h2-7H,8-9H2,1H3,(H,22,23,24). The summed E-state index contributed by atoms with van der Waals surface area (Å²) in [7, 11) is 0. The van der Waals surface area contributed by atoms with Crippen LogP contribution in [-0.4, -0.2) is 26.7 Å². The van der Waals surface area contributed by atoms with Crippen molar-refractivity contribution in [2.75, 3.05) is 5.75 Å². The third-order valence-electron chi connectivity index (χ3n) is 3.58. The van der Waals surface area contributed by atoms with Gasteiger partial charge in [-0.05, 0) is 48.9 Å². The zero-order chi connectivity index (χ0) is 19.4. The lowest BCUT2D eigenvalue weighted by molar-refractivity contribution is 0.101. The van der Waals surface area contributed by atoms with Crippen molar-refractivity contribution in [2.45, 2.75) is 18.7 Å². The van der Waals surface area contributed by atoms with Crippen molar-refractivity contribution in [1.82, 2.24) is 15.2 Å². The Morgan fingerprint density at radius 2 is 2.07 bits per heavy atom. The SMILES string of the molecule is Cc1cc(OCc2nc(SCC(=O)c3cc(F)ccc3F)n[nH]2)ccc1Cl. The lowest BCUT2D eigenvalue weighted by atomic mass is 10.1. The van der Waals surface area contributed by atoms with Crippen LogP contribution in [-0.2, 0) is 6.61 Å². The highest BCUT2D eigenvalue weighted by molar-refractivity contribution is 7.99. The van der Waals surface area contributed by atoms with Crippen molar-refractivity contribution < 1.29 is 18.3 Å². The third-order valence-corrected chi connectivity index (χ3v) is 4.85. The number of ketones is 1. The normalized spacial score (nSPS) is 10.8. The Morgan fingerprint density at radius 3 is 2.85 bits per heavy atom. The highest BCUT2D eigenvalue weighted by atomic mass is 35.5. The van der Waals surface area contributed by atoms with Crippen LogP contribution in [0.25, 0.3) is 0 Å². The predicted octanol–water partition coefficient (Wildman–Crippen LogP) is 4.60. The first-order valence-corrected chi connectivity index (χ1v) is 9.20. The third kappa shape index (κ3) is 5.05. The molecule has 0 bridgehead atoms. The first-order valence-electron chi connectivity index (χ1n) is 7.83. The number of aromatic amines is 1. The number of thioether (sulfide) groups is 1. The van der Waals surface area contributed by atoms with Gasteiger partial charge >= 0.3 is 0 Å². The van der Waals surface area contributed by atoms with E-state index in [2.05, 4.69) is 15.2 Å². The van der Waals surface area contributed by atoms with Crippen molar-refractivity contribution in [3.8, 4) is 5.75 Å². The second-order valence-electron chi connectivity index (χ2n) is 5.60. The van der Waals surface area contributed by atoms with Crippen LogP contribution in [0.3, 0.4) is 0 Å². The minimum atomic E-state index is -0.760. The van der Waals surface area contributed by atoms with E-state index in [4.69, 9.17) is 16.3 Å². The van der Waals surface area contributed by atoms with E-state index in [1.807, 2.05) is 6.92 Å². The van der Waals surface area contributed by atoms with E-state index in [0.717, 1.165) is 35.5 Å². The van der Waals surface area contributed by atoms with E-state index in [0.29, 0.717) is 21.8 Å². The number of benzene rings is 2. The van der Waals surface area contributed by atoms with Gasteiger partial charge in [-0.2, -0.15) is 0 Å². The molecule has 0 aliphatic rings. The van der Waals surface area contributed by atoms with Crippen molar-refractivity contribution in [3.63, 3.8) is 0 Å². The average Bonchev–Trinajstić information content (AvgIpc) is 3.10. The number of aryl methyl sites for hydroxylation is 1. The molecule has 0 saturated carbocycles. The topological polar surface area (TPSA) is 67.9 Å². The molecule has 0 fully saturated rings. The van der Waals surface area contributed by atoms with Gasteiger partial charge in [-0.25, -0.2) is 13.8 Å². The van der Waals surface area contributed by atoms with Crippen LogP contribution in [0.4, 0.5) is 8.78 Å². The number of hydrogen-bond donors (Lipinski definition) is 1. The van der Waals surface area contributed by atoms with E-state index in [1.54, 1.807) is 18.2 Å². The lowest BCUT2D eigenvalue weighted by Gasteiger charge is -2.05. The van der Waals surface area contributed by atoms with Gasteiger partial charge in [0, 0.05) is 5.02 Å². The Kier molecular flexibility index (Phi) is 6.08. The van der Waals surface area contributed by atoms with Gasteiger partial charge in [-0.3, -0.25) is 9.89 Å². The molecule has 3 rings (SSSR count). The maximum atomic E-state index is 13.6. The molecular weight excluding hydrogens is 396 g/mol. The molecule has 5 nitrogen and oxygen atoms in total. The fourth-order valence-electron chi connectivity index (χ4n) is 2.18. The number of ether oxygens (including phenoxy) is 1. The number of nitrogens with zero attached hydrogens (tertiary/aromatic N) is 2. The van der Waals surface area contributed by atoms with Crippen molar-refractivity contribution in [2.24, 2.45) is 0 Å². The number of aromatic nitrogens is 3. The van der Waals surface area contributed by atoms with Crippen molar-refractivity contribution >= 4 is 29.1 Å². The van der Waals surface area contributed by atoms with Crippen LogP contribution >= 0.6 is 23.4 Å². The number of nitrogens with one attached hydrogen (secondary N) is 1. The molecule has 0 atom stereocenters. The summed E-state index contributed by atoms with van der Waals surface area (Å²) in [4.78, 5) is 16.2. The van der Waals surface area contributed by atoms with E-state index in [-0.39, 0.29) is 17.9 Å². The summed E-state index contributed by atoms with van der Waals surface area (Å²) >= 11 is 6.99. The molecule has 0 amide bonds. The number of hydrogen-bond acceptors (Lipinski definition) is 5. The molecule has 9 heteroatoms. The van der Waals surface area contributed by atoms with Crippen LogP contribution in [0.15, 0.2) is 41.6 Å². The quantitative estimate of drug-likeness (QED) is 0.456. The van der Waals surface area contributed by atoms with E-state index < -0.39 is 17.4 Å². The maximum absolute atomic E-state index is 13.6. The highest BCUT2D eigenvalue weighted by Gasteiger charge is 2.15. The van der Waals surface area contributed by atoms with Crippen molar-refractivity contribution in [3.05, 3.63) is 70.0 Å². The first kappa shape index (κ1) is 19.3. The predicted molar refractivity (Wildman–Crippen MR) is 98.3 cm³/mol. The Balaban J connectivity index is 1.55. The Hall–Kier alpha value is -2.45. The summed E-state index contributed by atoms with van der Waals surface area (Å²) in [5.41, 5.74) is 0.603. The van der Waals surface area contributed by atoms with Crippen LogP contribution in [0, 0.1) is 18.6 Å². The molecule has 0 radical (unpaired) electrons. The molecule has 0 spiro atoms. The summed E-state index contributed by atoms with van der Waals surface area (Å²) in [5, 5.41) is 7.64. The summed E-state index contributed by atoms with van der Waals surface area (Å²) in [6.45, 7) is 2.03. The Bertz CT molecular complexity index is 981. The molecule has 2 aromatic carbocycles. The summed E-state index contributed by atoms with van der Waals surface area (Å²) in [6, 6.07) is 8.06. The zero-order valence-corrected chi connectivity index (χ0v) is 15.7. The van der Waals surface area contributed by atoms with Gasteiger partial charge in [0.1, 0.15) is 24.0 Å². The van der Waals surface area contributed by atoms with Crippen LogP contribution in [0.2, 0.25) is 5.02 Å². The highest BCUT2D eigenvalue weighted by Crippen LogP contribution is 2.22. The molecule has 0 saturated heterocycles. The molecule has 1 aromatic heterocycles. The number of carbonyl (C=O) groups is 1. The van der Waals surface area contributed by atoms with Crippen molar-refractivity contribution in [1.29, 1.82) is 0 Å². The summed E-state index contributed by atoms with van der Waals surface area (Å²) in [6.07, 6.45) is 0. The molecular formula is C18H14ClF2N3O2S. The van der Waals surface area contributed by atoms with E-state index in [1.165, 1.54) is 0 Å². The Morgan fingerprint density at radius 1 is 1.26 bits per heavy atom. The number of rotatable bonds is 7. The minimum Gasteiger partial charge on any atom is -0.486 e. The average molecular weight is 410 g/mol. The largest absolute Gasteiger partial charge is 0.486 e. The Labute approximate surface area is 163 Å². The molecule has 27 heavy (non-hydrogen) atoms. The number of halogens is 3. The maximum Gasteiger partial charge on any atom is 0.208 e. The van der Waals surface area contributed by atoms with Gasteiger partial charge in [0.15, 0.2) is 11.6 Å². The molecule has 1 N–H and O–H groups in total. The fraction of sp³-hybridized carbons (Fsp3) is 0.167. The molecule has 0 aliphatic heterocycles. The molecule has 0 unspecified atom stereocenters. The number of Topliss-reactive ketones (excluding diaryl/α,β-unsaturated/α-hetero) is 1. The first-order chi connectivity index (χ1) is 12.9. The van der Waals surface area contributed by atoms with Gasteiger partial charge in [-0.15, -0.1) is 5.10 Å². The van der Waals surface area contributed by atoms with Gasteiger partial charge in [0.2, 0.25) is 5.16 Å². The monoisotopic (exact) mass is 409 g/mol. The molecule has 3 aromatic rings. The van der Waals surface area contributed by atoms with Crippen LogP contribution in [0.1, 0.15) is 21.7 Å². The molecule has 1 heterocycles. The van der Waals surface area contributed by atoms with Gasteiger partial charge < -0.3 is 4.74 Å². The van der Waals surface area contributed by atoms with Gasteiger partial charge in [0.05, 0.1) is 11.3 Å². The minimum absolute atomic E-state index is 0.116. The second-order valence-corrected chi connectivity index (χ2v) is 6.95. The molecule has 0 aliphatic carbocycles. The second kappa shape index (κ2) is 8.49.